The van der Waals surface area contributed by atoms with E-state index in [1.165, 1.54) is 7.48 Å². The summed E-state index contributed by atoms with van der Waals surface area (Å²) in [5.41, 5.74) is -1.12. The highest BCUT2D eigenvalue weighted by molar-refractivity contribution is 6.45. The third-order valence-electron chi connectivity index (χ3n) is 3.44. The smallest absolute Gasteiger partial charge is 0.376 e. The predicted octanol–water partition coefficient (Wildman–Crippen LogP) is 1.14. The van der Waals surface area contributed by atoms with Crippen molar-refractivity contribution < 1.29 is 23.7 Å². The fourth-order valence-electron chi connectivity index (χ4n) is 1.43. The molecule has 6 heteroatoms. The summed E-state index contributed by atoms with van der Waals surface area (Å²) < 4.78 is 21.9. The molecule has 1 aliphatic rings. The number of hydrogen-bond acceptors (Lipinski definition) is 5. The molecule has 0 spiro atoms. The summed E-state index contributed by atoms with van der Waals surface area (Å²) in [7, 11) is 1.50. The predicted molar refractivity (Wildman–Crippen MR) is 70.2 cm³/mol. The molecule has 2 rings (SSSR count). The summed E-state index contributed by atoms with van der Waals surface area (Å²) in [6, 6.07) is 3.57. The zero-order chi connectivity index (χ0) is 14.1. The van der Waals surface area contributed by atoms with Crippen LogP contribution in [0, 0.1) is 0 Å². The molecule has 0 saturated carbocycles. The van der Waals surface area contributed by atoms with E-state index in [4.69, 9.17) is 18.5 Å². The van der Waals surface area contributed by atoms with Crippen molar-refractivity contribution in [1.82, 2.24) is 0 Å². The van der Waals surface area contributed by atoms with E-state index in [1.807, 2.05) is 13.8 Å². The largest absolute Gasteiger partial charge is 0.468 e. The first-order valence-corrected chi connectivity index (χ1v) is 6.36. The Kier molecular flexibility index (Phi) is 4.06. The van der Waals surface area contributed by atoms with E-state index in [9.17, 15) is 5.11 Å². The van der Waals surface area contributed by atoms with Crippen LogP contribution in [0.5, 0.6) is 0 Å². The number of rotatable bonds is 5. The standard InChI is InChI=1S/C13H20BO5/c1-12(2,15)13(3,4)19-14-10-6-5-9(18-10)11-16-7-8-17-11/h5-6,11,15H,7-8H2,1-4H3. The molecule has 0 bridgehead atoms. The molecule has 1 fully saturated rings. The van der Waals surface area contributed by atoms with E-state index in [0.29, 0.717) is 24.6 Å². The second kappa shape index (κ2) is 5.29. The number of aliphatic hydroxyl groups is 1. The zero-order valence-corrected chi connectivity index (χ0v) is 11.8. The third kappa shape index (κ3) is 3.39. The Bertz CT molecular complexity index is 415. The minimum Gasteiger partial charge on any atom is -0.468 e. The Morgan fingerprint density at radius 3 is 2.42 bits per heavy atom. The van der Waals surface area contributed by atoms with Crippen LogP contribution in [0.1, 0.15) is 39.7 Å². The first kappa shape index (κ1) is 14.6. The highest BCUT2D eigenvalue weighted by Crippen LogP contribution is 2.25. The molecule has 19 heavy (non-hydrogen) atoms. The normalized spacial score (nSPS) is 17.9. The van der Waals surface area contributed by atoms with Gasteiger partial charge in [0.15, 0.2) is 5.76 Å². The van der Waals surface area contributed by atoms with Crippen molar-refractivity contribution in [2.75, 3.05) is 13.2 Å². The van der Waals surface area contributed by atoms with Gasteiger partial charge in [0, 0.05) is 0 Å². The molecule has 2 heterocycles. The van der Waals surface area contributed by atoms with Gasteiger partial charge in [-0.1, -0.05) is 0 Å². The lowest BCUT2D eigenvalue weighted by Crippen LogP contribution is -2.49. The van der Waals surface area contributed by atoms with E-state index >= 15 is 0 Å². The van der Waals surface area contributed by atoms with Gasteiger partial charge < -0.3 is 23.7 Å². The Balaban J connectivity index is 1.93. The Morgan fingerprint density at radius 1 is 1.21 bits per heavy atom. The van der Waals surface area contributed by atoms with Gasteiger partial charge in [0.2, 0.25) is 6.29 Å². The maximum atomic E-state index is 9.99. The highest BCUT2D eigenvalue weighted by Gasteiger charge is 2.36. The first-order chi connectivity index (χ1) is 8.79. The van der Waals surface area contributed by atoms with Crippen LogP contribution >= 0.6 is 0 Å². The number of hydrogen-bond donors (Lipinski definition) is 1. The van der Waals surface area contributed by atoms with E-state index in [-0.39, 0.29) is 0 Å². The highest BCUT2D eigenvalue weighted by atomic mass is 16.7. The van der Waals surface area contributed by atoms with Crippen molar-refractivity contribution in [2.24, 2.45) is 0 Å². The molecule has 0 aromatic carbocycles. The van der Waals surface area contributed by atoms with Crippen LogP contribution in [0.15, 0.2) is 16.5 Å². The summed E-state index contributed by atoms with van der Waals surface area (Å²) in [5.74, 6) is 0.619. The molecule has 1 radical (unpaired) electrons. The maximum Gasteiger partial charge on any atom is 0.376 e. The van der Waals surface area contributed by atoms with Gasteiger partial charge in [0.05, 0.1) is 30.1 Å². The molecule has 1 aromatic rings. The molecule has 105 valence electrons. The van der Waals surface area contributed by atoms with Crippen molar-refractivity contribution >= 4 is 13.1 Å². The molecule has 0 atom stereocenters. The van der Waals surface area contributed by atoms with Crippen LogP contribution in [0.2, 0.25) is 0 Å². The van der Waals surface area contributed by atoms with Gasteiger partial charge in [-0.3, -0.25) is 0 Å². The monoisotopic (exact) mass is 267 g/mol. The number of ether oxygens (including phenoxy) is 2. The summed E-state index contributed by atoms with van der Waals surface area (Å²) in [6.07, 6.45) is -0.426. The minimum atomic E-state index is -0.962. The molecule has 1 saturated heterocycles. The Hall–Kier alpha value is -0.815. The van der Waals surface area contributed by atoms with Crippen LogP contribution in [-0.2, 0) is 14.1 Å². The Labute approximate surface area is 114 Å². The molecule has 1 aliphatic heterocycles. The van der Waals surface area contributed by atoms with Crippen molar-refractivity contribution in [3.8, 4) is 0 Å². The molecule has 1 N–H and O–H groups in total. The van der Waals surface area contributed by atoms with Crippen LogP contribution < -0.4 is 5.66 Å². The van der Waals surface area contributed by atoms with E-state index < -0.39 is 17.5 Å². The quantitative estimate of drug-likeness (QED) is 0.810. The fraction of sp³-hybridized carbons (Fsp3) is 0.692. The average Bonchev–Trinajstić information content (AvgIpc) is 2.96. The minimum absolute atomic E-state index is 0.426. The fourth-order valence-corrected chi connectivity index (χ4v) is 1.43. The van der Waals surface area contributed by atoms with Gasteiger partial charge in [-0.25, -0.2) is 0 Å². The van der Waals surface area contributed by atoms with Crippen molar-refractivity contribution in [3.05, 3.63) is 17.9 Å². The van der Waals surface area contributed by atoms with Crippen molar-refractivity contribution in [1.29, 1.82) is 0 Å². The van der Waals surface area contributed by atoms with Gasteiger partial charge in [0.25, 0.3) is 0 Å². The maximum absolute atomic E-state index is 9.99. The summed E-state index contributed by atoms with van der Waals surface area (Å²) in [5, 5.41) is 9.99. The van der Waals surface area contributed by atoms with Crippen molar-refractivity contribution in [2.45, 2.75) is 45.2 Å². The van der Waals surface area contributed by atoms with Gasteiger partial charge >= 0.3 is 7.48 Å². The lowest BCUT2D eigenvalue weighted by molar-refractivity contribution is -0.0897. The van der Waals surface area contributed by atoms with Crippen LogP contribution in [0.3, 0.4) is 0 Å². The molecule has 5 nitrogen and oxygen atoms in total. The second-order valence-corrected chi connectivity index (χ2v) is 5.62. The zero-order valence-electron chi connectivity index (χ0n) is 11.8. The first-order valence-electron chi connectivity index (χ1n) is 6.36. The summed E-state index contributed by atoms with van der Waals surface area (Å²) >= 11 is 0. The lowest BCUT2D eigenvalue weighted by atomic mass is 9.85. The lowest BCUT2D eigenvalue weighted by Gasteiger charge is -2.37. The average molecular weight is 267 g/mol. The van der Waals surface area contributed by atoms with Crippen LogP contribution in [0.4, 0.5) is 0 Å². The topological polar surface area (TPSA) is 61.1 Å². The molecule has 0 aliphatic carbocycles. The summed E-state index contributed by atoms with van der Waals surface area (Å²) in [4.78, 5) is 0. The van der Waals surface area contributed by atoms with Crippen molar-refractivity contribution in [3.63, 3.8) is 0 Å². The van der Waals surface area contributed by atoms with E-state index in [2.05, 4.69) is 0 Å². The van der Waals surface area contributed by atoms with Gasteiger partial charge in [-0.05, 0) is 39.8 Å². The SMILES string of the molecule is CC(C)(O)C(C)(C)O[B]c1ccc(C2OCCO2)o1. The van der Waals surface area contributed by atoms with E-state index in [0.717, 1.165) is 0 Å². The molecule has 0 unspecified atom stereocenters. The summed E-state index contributed by atoms with van der Waals surface area (Å²) in [6.45, 7) is 8.19. The second-order valence-electron chi connectivity index (χ2n) is 5.62. The van der Waals surface area contributed by atoms with Gasteiger partial charge in [-0.15, -0.1) is 0 Å². The van der Waals surface area contributed by atoms with Gasteiger partial charge in [-0.2, -0.15) is 0 Å². The molecule has 1 aromatic heterocycles. The molecule has 0 amide bonds. The molecular formula is C13H20BO5. The third-order valence-corrected chi connectivity index (χ3v) is 3.44. The van der Waals surface area contributed by atoms with Crippen LogP contribution in [-0.4, -0.2) is 37.0 Å². The van der Waals surface area contributed by atoms with Gasteiger partial charge in [0.1, 0.15) is 0 Å². The van der Waals surface area contributed by atoms with Crippen LogP contribution in [0.25, 0.3) is 0 Å². The molecular weight excluding hydrogens is 247 g/mol. The Morgan fingerprint density at radius 2 is 1.84 bits per heavy atom. The van der Waals surface area contributed by atoms with E-state index in [1.54, 1.807) is 26.0 Å². The number of furan rings is 1.